The van der Waals surface area contributed by atoms with E-state index in [-0.39, 0.29) is 11.1 Å². The molecule has 5 heteroatoms. The molecule has 0 aliphatic carbocycles. The first-order valence-electron chi connectivity index (χ1n) is 3.85. The van der Waals surface area contributed by atoms with Gasteiger partial charge in [-0.2, -0.15) is 0 Å². The van der Waals surface area contributed by atoms with E-state index in [2.05, 4.69) is 10.3 Å². The van der Waals surface area contributed by atoms with Crippen LogP contribution in [0.2, 0.25) is 5.15 Å². The molecule has 70 valence electrons. The Morgan fingerprint density at radius 2 is 2.46 bits per heavy atom. The van der Waals surface area contributed by atoms with Crippen LogP contribution in [0.15, 0.2) is 12.3 Å². The van der Waals surface area contributed by atoms with Gasteiger partial charge in [-0.25, -0.2) is 4.98 Å². The fraction of sp³-hybridized carbons (Fsp3) is 0.250. The van der Waals surface area contributed by atoms with Gasteiger partial charge < -0.3 is 11.1 Å². The molecule has 1 aromatic rings. The zero-order valence-electron chi connectivity index (χ0n) is 7.17. The van der Waals surface area contributed by atoms with Gasteiger partial charge in [0.15, 0.2) is 5.15 Å². The molecule has 0 atom stereocenters. The smallest absolute Gasteiger partial charge is 0.224 e. The second kappa shape index (κ2) is 4.09. The molecule has 0 saturated carbocycles. The molecular weight excluding hydrogens is 190 g/mol. The summed E-state index contributed by atoms with van der Waals surface area (Å²) in [4.78, 5) is 14.8. The molecule has 0 saturated heterocycles. The predicted octanol–water partition coefficient (Wildman–Crippen LogP) is 1.67. The van der Waals surface area contributed by atoms with E-state index in [0.717, 1.165) is 0 Å². The van der Waals surface area contributed by atoms with Crippen LogP contribution in [0.1, 0.15) is 13.3 Å². The van der Waals surface area contributed by atoms with Gasteiger partial charge in [-0.1, -0.05) is 18.5 Å². The maximum atomic E-state index is 11.0. The first-order chi connectivity index (χ1) is 6.15. The number of carbonyl (C=O) groups excluding carboxylic acids is 1. The largest absolute Gasteiger partial charge is 0.397 e. The Morgan fingerprint density at radius 1 is 1.77 bits per heavy atom. The topological polar surface area (TPSA) is 68.0 Å². The molecule has 0 aliphatic rings. The van der Waals surface area contributed by atoms with Crippen molar-refractivity contribution in [1.82, 2.24) is 4.98 Å². The third kappa shape index (κ3) is 2.32. The zero-order chi connectivity index (χ0) is 9.84. The Labute approximate surface area is 81.1 Å². The van der Waals surface area contributed by atoms with Crippen molar-refractivity contribution in [3.63, 3.8) is 0 Å². The second-order valence-corrected chi connectivity index (χ2v) is 2.83. The number of aromatic nitrogens is 1. The van der Waals surface area contributed by atoms with Crippen LogP contribution in [0.5, 0.6) is 0 Å². The minimum absolute atomic E-state index is 0.137. The van der Waals surface area contributed by atoms with E-state index >= 15 is 0 Å². The van der Waals surface area contributed by atoms with Crippen LogP contribution >= 0.6 is 11.6 Å². The van der Waals surface area contributed by atoms with Crippen molar-refractivity contribution in [2.45, 2.75) is 13.3 Å². The summed E-state index contributed by atoms with van der Waals surface area (Å²) in [7, 11) is 0. The van der Waals surface area contributed by atoms with Crippen LogP contribution in [0.3, 0.4) is 0 Å². The molecule has 13 heavy (non-hydrogen) atoms. The Bertz CT molecular complexity index is 307. The molecule has 0 radical (unpaired) electrons. The van der Waals surface area contributed by atoms with Gasteiger partial charge in [0.1, 0.15) is 5.69 Å². The Morgan fingerprint density at radius 3 is 3.00 bits per heavy atom. The minimum atomic E-state index is -0.137. The molecule has 1 amide bonds. The summed E-state index contributed by atoms with van der Waals surface area (Å²) in [5.74, 6) is -0.137. The number of hydrogen-bond acceptors (Lipinski definition) is 3. The average Bonchev–Trinajstić information content (AvgIpc) is 2.11. The summed E-state index contributed by atoms with van der Waals surface area (Å²) in [6, 6.07) is 1.58. The van der Waals surface area contributed by atoms with Crippen LogP contribution in [-0.2, 0) is 4.79 Å². The maximum Gasteiger partial charge on any atom is 0.224 e. The molecular formula is C8H10ClN3O. The fourth-order valence-corrected chi connectivity index (χ4v) is 1.01. The summed E-state index contributed by atoms with van der Waals surface area (Å²) in [5, 5.41) is 2.78. The number of hydrogen-bond donors (Lipinski definition) is 2. The lowest BCUT2D eigenvalue weighted by atomic mass is 10.3. The molecule has 0 unspecified atom stereocenters. The standard InChI is InChI=1S/C8H10ClN3O/c1-2-6(13)12-7-5(10)3-4-11-8(7)9/h3-4H,2H2,1H3,(H2,10,11)(H,12,13). The molecule has 1 heterocycles. The maximum absolute atomic E-state index is 11.0. The lowest BCUT2D eigenvalue weighted by molar-refractivity contribution is -0.115. The molecule has 0 aromatic carbocycles. The van der Waals surface area contributed by atoms with Crippen molar-refractivity contribution in [2.24, 2.45) is 0 Å². The minimum Gasteiger partial charge on any atom is -0.397 e. The number of anilines is 2. The first kappa shape index (κ1) is 9.80. The normalized spacial score (nSPS) is 9.69. The second-order valence-electron chi connectivity index (χ2n) is 2.47. The van der Waals surface area contributed by atoms with Gasteiger partial charge in [-0.15, -0.1) is 0 Å². The molecule has 3 N–H and O–H groups in total. The van der Waals surface area contributed by atoms with E-state index in [4.69, 9.17) is 17.3 Å². The number of carbonyl (C=O) groups is 1. The van der Waals surface area contributed by atoms with E-state index in [1.807, 2.05) is 0 Å². The van der Waals surface area contributed by atoms with Crippen molar-refractivity contribution in [3.05, 3.63) is 17.4 Å². The predicted molar refractivity (Wildman–Crippen MR) is 52.6 cm³/mol. The van der Waals surface area contributed by atoms with E-state index in [1.165, 1.54) is 6.20 Å². The van der Waals surface area contributed by atoms with Gasteiger partial charge >= 0.3 is 0 Å². The lowest BCUT2D eigenvalue weighted by Crippen LogP contribution is -2.11. The lowest BCUT2D eigenvalue weighted by Gasteiger charge is -2.07. The van der Waals surface area contributed by atoms with Crippen molar-refractivity contribution < 1.29 is 4.79 Å². The van der Waals surface area contributed by atoms with Crippen LogP contribution in [0, 0.1) is 0 Å². The fourth-order valence-electron chi connectivity index (χ4n) is 0.802. The third-order valence-corrected chi connectivity index (χ3v) is 1.81. The quantitative estimate of drug-likeness (QED) is 0.712. The van der Waals surface area contributed by atoms with Gasteiger partial charge in [0, 0.05) is 12.6 Å². The number of nitrogens with zero attached hydrogens (tertiary/aromatic N) is 1. The highest BCUT2D eigenvalue weighted by Crippen LogP contribution is 2.25. The molecule has 4 nitrogen and oxygen atoms in total. The van der Waals surface area contributed by atoms with Crippen LogP contribution < -0.4 is 11.1 Å². The monoisotopic (exact) mass is 199 g/mol. The van der Waals surface area contributed by atoms with E-state index in [1.54, 1.807) is 13.0 Å². The highest BCUT2D eigenvalue weighted by atomic mass is 35.5. The highest BCUT2D eigenvalue weighted by molar-refractivity contribution is 6.33. The molecule has 0 fully saturated rings. The van der Waals surface area contributed by atoms with Crippen molar-refractivity contribution in [3.8, 4) is 0 Å². The summed E-state index contributed by atoms with van der Waals surface area (Å²) in [6.07, 6.45) is 1.87. The number of halogens is 1. The Hall–Kier alpha value is -1.29. The molecule has 0 bridgehead atoms. The summed E-state index contributed by atoms with van der Waals surface area (Å²) in [5.41, 5.74) is 6.39. The Kier molecular flexibility index (Phi) is 3.08. The van der Waals surface area contributed by atoms with Gasteiger partial charge in [0.2, 0.25) is 5.91 Å². The highest BCUT2D eigenvalue weighted by Gasteiger charge is 2.07. The van der Waals surface area contributed by atoms with Crippen molar-refractivity contribution in [2.75, 3.05) is 11.1 Å². The molecule has 1 aromatic heterocycles. The van der Waals surface area contributed by atoms with Crippen LogP contribution in [-0.4, -0.2) is 10.9 Å². The summed E-state index contributed by atoms with van der Waals surface area (Å²) in [6.45, 7) is 1.75. The van der Waals surface area contributed by atoms with E-state index in [9.17, 15) is 4.79 Å². The van der Waals surface area contributed by atoms with Gasteiger partial charge in [-0.3, -0.25) is 4.79 Å². The van der Waals surface area contributed by atoms with E-state index < -0.39 is 0 Å². The average molecular weight is 200 g/mol. The van der Waals surface area contributed by atoms with Crippen LogP contribution in [0.25, 0.3) is 0 Å². The van der Waals surface area contributed by atoms with Crippen molar-refractivity contribution in [1.29, 1.82) is 0 Å². The molecule has 1 rings (SSSR count). The van der Waals surface area contributed by atoms with Gasteiger partial charge in [0.05, 0.1) is 5.69 Å². The number of rotatable bonds is 2. The number of nitrogen functional groups attached to an aromatic ring is 1. The van der Waals surface area contributed by atoms with Gasteiger partial charge in [-0.05, 0) is 6.07 Å². The van der Waals surface area contributed by atoms with E-state index in [0.29, 0.717) is 17.8 Å². The number of pyridine rings is 1. The van der Waals surface area contributed by atoms with Gasteiger partial charge in [0.25, 0.3) is 0 Å². The zero-order valence-corrected chi connectivity index (χ0v) is 7.93. The summed E-state index contributed by atoms with van der Waals surface area (Å²) >= 11 is 5.72. The molecule has 0 aliphatic heterocycles. The van der Waals surface area contributed by atoms with Crippen molar-refractivity contribution >= 4 is 28.9 Å². The first-order valence-corrected chi connectivity index (χ1v) is 4.22. The SMILES string of the molecule is CCC(=O)Nc1c(N)ccnc1Cl. The number of nitrogens with two attached hydrogens (primary N) is 1. The Balaban J connectivity index is 2.93. The summed E-state index contributed by atoms with van der Waals surface area (Å²) < 4.78 is 0. The molecule has 0 spiro atoms. The van der Waals surface area contributed by atoms with Crippen LogP contribution in [0.4, 0.5) is 11.4 Å². The number of nitrogens with one attached hydrogen (secondary N) is 1. The third-order valence-electron chi connectivity index (χ3n) is 1.52. The number of amides is 1.